The summed E-state index contributed by atoms with van der Waals surface area (Å²) in [5, 5.41) is 6.85. The van der Waals surface area contributed by atoms with Gasteiger partial charge in [0.25, 0.3) is 0 Å². The largest absolute Gasteiger partial charge is 0.456 e. The second kappa shape index (κ2) is 13.9. The number of nitrogens with zero attached hydrogens (tertiary/aromatic N) is 1. The van der Waals surface area contributed by atoms with Crippen molar-refractivity contribution in [3.05, 3.63) is 198 Å². The number of rotatable bonds is 6. The Morgan fingerprint density at radius 1 is 0.333 bits per heavy atom. The zero-order valence-electron chi connectivity index (χ0n) is 34.4. The maximum absolute atomic E-state index is 7.00. The van der Waals surface area contributed by atoms with Crippen LogP contribution in [-0.2, 0) is 0 Å². The molecule has 9 aromatic carbocycles. The summed E-state index contributed by atoms with van der Waals surface area (Å²) < 4.78 is 13.3. The van der Waals surface area contributed by atoms with Crippen molar-refractivity contribution < 1.29 is 8.83 Å². The van der Waals surface area contributed by atoms with Gasteiger partial charge >= 0.3 is 0 Å². The number of para-hydroxylation sites is 3. The number of hydrogen-bond donors (Lipinski definition) is 0. The van der Waals surface area contributed by atoms with E-state index < -0.39 is 0 Å². The Labute approximate surface area is 349 Å². The van der Waals surface area contributed by atoms with Gasteiger partial charge in [0.2, 0.25) is 0 Å². The molecule has 2 aromatic heterocycles. The fourth-order valence-corrected chi connectivity index (χ4v) is 9.57. The minimum atomic E-state index is 0.839. The lowest BCUT2D eigenvalue weighted by Gasteiger charge is -2.26. The van der Waals surface area contributed by atoms with Crippen molar-refractivity contribution >= 4 is 71.7 Å². The molecule has 60 heavy (non-hydrogen) atoms. The lowest BCUT2D eigenvalue weighted by molar-refractivity contribution is 0.669. The molecule has 0 aliphatic carbocycles. The van der Waals surface area contributed by atoms with E-state index in [0.29, 0.717) is 0 Å². The molecule has 3 heteroatoms. The average Bonchev–Trinajstić information content (AvgIpc) is 3.87. The summed E-state index contributed by atoms with van der Waals surface area (Å²) in [6.07, 6.45) is 0. The predicted molar refractivity (Wildman–Crippen MR) is 253 cm³/mol. The Hall–Kier alpha value is -7.36. The number of hydrogen-bond acceptors (Lipinski definition) is 3. The van der Waals surface area contributed by atoms with E-state index in [-0.39, 0.29) is 0 Å². The van der Waals surface area contributed by atoms with E-state index in [2.05, 4.69) is 197 Å². The van der Waals surface area contributed by atoms with Crippen LogP contribution in [0, 0.1) is 34.6 Å². The highest BCUT2D eigenvalue weighted by Gasteiger charge is 2.23. The first-order chi connectivity index (χ1) is 29.4. The van der Waals surface area contributed by atoms with Crippen molar-refractivity contribution in [3.63, 3.8) is 0 Å². The van der Waals surface area contributed by atoms with Crippen LogP contribution in [0.2, 0.25) is 0 Å². The lowest BCUT2D eigenvalue weighted by Crippen LogP contribution is -2.10. The molecule has 3 nitrogen and oxygen atoms in total. The highest BCUT2D eigenvalue weighted by atomic mass is 16.3. The Morgan fingerprint density at radius 2 is 0.883 bits per heavy atom. The molecule has 0 amide bonds. The van der Waals surface area contributed by atoms with E-state index in [1.54, 1.807) is 0 Å². The van der Waals surface area contributed by atoms with Crippen molar-refractivity contribution in [1.29, 1.82) is 0 Å². The fourth-order valence-electron chi connectivity index (χ4n) is 9.57. The van der Waals surface area contributed by atoms with E-state index in [1.165, 1.54) is 55.3 Å². The first kappa shape index (κ1) is 35.8. The predicted octanol–water partition coefficient (Wildman–Crippen LogP) is 16.7. The summed E-state index contributed by atoms with van der Waals surface area (Å²) in [6, 6.07) is 60.7. The molecule has 11 aromatic rings. The van der Waals surface area contributed by atoms with Gasteiger partial charge in [-0.3, -0.25) is 0 Å². The van der Waals surface area contributed by atoms with E-state index in [0.717, 1.165) is 77.6 Å². The molecule has 0 saturated carbocycles. The molecule has 11 rings (SSSR count). The third-order valence-corrected chi connectivity index (χ3v) is 13.1. The first-order valence-electron chi connectivity index (χ1n) is 20.8. The molecular weight excluding hydrogens is 731 g/mol. The van der Waals surface area contributed by atoms with Gasteiger partial charge in [-0.15, -0.1) is 0 Å². The summed E-state index contributed by atoms with van der Waals surface area (Å²) in [7, 11) is 0. The second-order valence-electron chi connectivity index (χ2n) is 16.2. The second-order valence-corrected chi connectivity index (χ2v) is 16.2. The van der Waals surface area contributed by atoms with E-state index >= 15 is 0 Å². The quantitative estimate of drug-likeness (QED) is 0.169. The smallest absolute Gasteiger partial charge is 0.159 e. The summed E-state index contributed by atoms with van der Waals surface area (Å²) in [4.78, 5) is 2.33. The van der Waals surface area contributed by atoms with Gasteiger partial charge in [0, 0.05) is 38.5 Å². The molecule has 0 N–H and O–H groups in total. The van der Waals surface area contributed by atoms with E-state index in [9.17, 15) is 0 Å². The van der Waals surface area contributed by atoms with Gasteiger partial charge < -0.3 is 13.7 Å². The highest BCUT2D eigenvalue weighted by molar-refractivity contribution is 6.14. The molecule has 0 saturated heterocycles. The lowest BCUT2D eigenvalue weighted by atomic mass is 9.83. The minimum absolute atomic E-state index is 0.839. The van der Waals surface area contributed by atoms with Crippen molar-refractivity contribution in [2.75, 3.05) is 4.90 Å². The average molecular weight is 774 g/mol. The summed E-state index contributed by atoms with van der Waals surface area (Å²) in [5.74, 6) is 0. The maximum Gasteiger partial charge on any atom is 0.159 e. The van der Waals surface area contributed by atoms with Gasteiger partial charge in [-0.1, -0.05) is 127 Å². The Bertz CT molecular complexity index is 3450. The van der Waals surface area contributed by atoms with Crippen LogP contribution < -0.4 is 4.90 Å². The Kier molecular flexibility index (Phi) is 8.28. The van der Waals surface area contributed by atoms with Crippen LogP contribution in [0.3, 0.4) is 0 Å². The van der Waals surface area contributed by atoms with Crippen molar-refractivity contribution in [3.8, 4) is 33.4 Å². The fraction of sp³-hybridized carbons (Fsp3) is 0.0877. The van der Waals surface area contributed by atoms with Gasteiger partial charge in [-0.05, 0) is 143 Å². The summed E-state index contributed by atoms with van der Waals surface area (Å²) in [5.41, 5.74) is 20.5. The van der Waals surface area contributed by atoms with Gasteiger partial charge in [-0.2, -0.15) is 0 Å². The van der Waals surface area contributed by atoms with Gasteiger partial charge in [0.15, 0.2) is 5.58 Å². The molecule has 0 radical (unpaired) electrons. The maximum atomic E-state index is 7.00. The zero-order valence-corrected chi connectivity index (χ0v) is 34.4. The van der Waals surface area contributed by atoms with Gasteiger partial charge in [0.05, 0.1) is 5.69 Å². The van der Waals surface area contributed by atoms with Crippen molar-refractivity contribution in [2.24, 2.45) is 0 Å². The van der Waals surface area contributed by atoms with E-state index in [4.69, 9.17) is 8.83 Å². The molecule has 0 aliphatic heterocycles. The zero-order chi connectivity index (χ0) is 40.6. The van der Waals surface area contributed by atoms with Crippen LogP contribution in [-0.4, -0.2) is 0 Å². The summed E-state index contributed by atoms with van der Waals surface area (Å²) >= 11 is 0. The molecule has 0 unspecified atom stereocenters. The molecule has 0 aliphatic rings. The molecule has 0 atom stereocenters. The molecule has 0 bridgehead atoms. The third-order valence-electron chi connectivity index (χ3n) is 13.1. The Morgan fingerprint density at radius 3 is 1.63 bits per heavy atom. The van der Waals surface area contributed by atoms with Gasteiger partial charge in [-0.25, -0.2) is 0 Å². The van der Waals surface area contributed by atoms with Crippen molar-refractivity contribution in [1.82, 2.24) is 0 Å². The summed E-state index contributed by atoms with van der Waals surface area (Å²) in [6.45, 7) is 11.3. The van der Waals surface area contributed by atoms with E-state index in [1.807, 2.05) is 12.1 Å². The number of furan rings is 2. The van der Waals surface area contributed by atoms with Crippen LogP contribution in [0.15, 0.2) is 179 Å². The third kappa shape index (κ3) is 5.50. The number of anilines is 3. The van der Waals surface area contributed by atoms with Crippen LogP contribution in [0.25, 0.3) is 88.0 Å². The molecule has 2 heterocycles. The molecule has 0 fully saturated rings. The first-order valence-corrected chi connectivity index (χ1v) is 20.8. The SMILES string of the molecule is Cc1c(C)c(C)c(-c2ccc(-c3ccc(N(c4ccc5oc6ccccc6c5c4)c4cccc5c4oc4c(-c6ccccc6)cccc45)cc3)c3ccccc23)c(C)c1C. The standard InChI is InChI=1S/C57H43NO2/c1-34-35(2)37(4)55(38(5)36(34)3)48-31-30-43(45-17-9-10-18-46(45)48)40-25-27-41(28-26-40)58(42-29-32-54-51(33-42)47-19-11-12-24-53(47)59-54)52-23-14-22-50-49-21-13-20-44(56(49)60-57(50)52)39-15-7-6-8-16-39/h6-33H,1-5H3. The molecule has 0 spiro atoms. The number of benzene rings is 9. The van der Waals surface area contributed by atoms with Crippen LogP contribution in [0.4, 0.5) is 17.1 Å². The monoisotopic (exact) mass is 773 g/mol. The van der Waals surface area contributed by atoms with Crippen LogP contribution in [0.1, 0.15) is 27.8 Å². The van der Waals surface area contributed by atoms with Crippen LogP contribution in [0.5, 0.6) is 0 Å². The topological polar surface area (TPSA) is 29.5 Å². The Balaban J connectivity index is 1.09. The van der Waals surface area contributed by atoms with Crippen LogP contribution >= 0.6 is 0 Å². The normalized spacial score (nSPS) is 11.8. The van der Waals surface area contributed by atoms with Gasteiger partial charge in [0.1, 0.15) is 16.7 Å². The molecule has 288 valence electrons. The minimum Gasteiger partial charge on any atom is -0.456 e. The highest BCUT2D eigenvalue weighted by Crippen LogP contribution is 2.46. The number of fused-ring (bicyclic) bond motifs is 7. The van der Waals surface area contributed by atoms with Crippen molar-refractivity contribution in [2.45, 2.75) is 34.6 Å². The molecular formula is C57H43NO2.